The summed E-state index contributed by atoms with van der Waals surface area (Å²) in [4.78, 5) is 26.1. The fourth-order valence-electron chi connectivity index (χ4n) is 6.04. The van der Waals surface area contributed by atoms with Crippen LogP contribution in [0, 0.1) is 22.7 Å². The molecule has 6 aromatic carbocycles. The van der Waals surface area contributed by atoms with Gasteiger partial charge < -0.3 is 18.9 Å². The summed E-state index contributed by atoms with van der Waals surface area (Å²) in [5.41, 5.74) is 6.44. The van der Waals surface area contributed by atoms with Crippen molar-refractivity contribution in [2.24, 2.45) is 0 Å². The Bertz CT molecular complexity index is 2520. The molecular formula is C52H44N2O6. The maximum Gasteiger partial charge on any atom is 0.343 e. The highest BCUT2D eigenvalue weighted by atomic mass is 16.5. The number of hydrogen-bond donors (Lipinski definition) is 0. The standard InChI is InChI=1S/C52H44N2O6/c1-3-5-30-57-47-24-18-40(19-25-47)45(35-53)32-37-10-14-42(15-11-37)51(55)59-49-28-22-39(23-29-49)44-8-7-9-50(34-44)60-52(56)43-16-12-38(13-17-43)33-46(36-54)41-20-26-48(27-21-41)58-31-6-4-2/h7-29,32-34H,3-6,30-31H2,1-2H3/b45-32+,46-33+. The topological polar surface area (TPSA) is 119 Å². The number of carbonyl (C=O) groups excluding carboxylic acids is 2. The van der Waals surface area contributed by atoms with E-state index in [1.165, 1.54) is 0 Å². The van der Waals surface area contributed by atoms with Crippen LogP contribution in [-0.2, 0) is 0 Å². The number of allylic oxidation sites excluding steroid dienone is 2. The van der Waals surface area contributed by atoms with Crippen LogP contribution in [0.4, 0.5) is 0 Å². The number of ether oxygens (including phenoxy) is 4. The van der Waals surface area contributed by atoms with Crippen molar-refractivity contribution in [1.29, 1.82) is 10.5 Å². The van der Waals surface area contributed by atoms with Crippen molar-refractivity contribution < 1.29 is 28.5 Å². The van der Waals surface area contributed by atoms with Gasteiger partial charge in [-0.3, -0.25) is 0 Å². The summed E-state index contributed by atoms with van der Waals surface area (Å²) in [5.74, 6) is 1.24. The smallest absolute Gasteiger partial charge is 0.343 e. The SMILES string of the molecule is CCCCOc1ccc(/C(C#N)=C/c2ccc(C(=O)Oc3ccc(-c4cccc(OC(=O)c5ccc(/C=C(\C#N)c6ccc(OCCCC)cc6)cc5)c4)cc3)cc2)cc1. The molecule has 298 valence electrons. The van der Waals surface area contributed by atoms with Gasteiger partial charge in [0.15, 0.2) is 0 Å². The third-order valence-corrected chi connectivity index (χ3v) is 9.46. The molecule has 0 atom stereocenters. The molecule has 0 aliphatic carbocycles. The van der Waals surface area contributed by atoms with Crippen molar-refractivity contribution in [3.05, 3.63) is 179 Å². The molecule has 0 spiro atoms. The first kappa shape index (κ1) is 41.9. The first-order chi connectivity index (χ1) is 29.3. The van der Waals surface area contributed by atoms with Gasteiger partial charge >= 0.3 is 11.9 Å². The van der Waals surface area contributed by atoms with Crippen molar-refractivity contribution in [2.75, 3.05) is 13.2 Å². The van der Waals surface area contributed by atoms with Gasteiger partial charge in [-0.05, 0) is 155 Å². The van der Waals surface area contributed by atoms with Gasteiger partial charge in [0.1, 0.15) is 23.0 Å². The molecule has 0 N–H and O–H groups in total. The minimum Gasteiger partial charge on any atom is -0.494 e. The van der Waals surface area contributed by atoms with Crippen molar-refractivity contribution >= 4 is 35.2 Å². The highest BCUT2D eigenvalue weighted by Crippen LogP contribution is 2.28. The van der Waals surface area contributed by atoms with Crippen LogP contribution in [0.1, 0.15) is 82.5 Å². The average molecular weight is 793 g/mol. The predicted octanol–water partition coefficient (Wildman–Crippen LogP) is 12.3. The van der Waals surface area contributed by atoms with Crippen LogP contribution >= 0.6 is 0 Å². The maximum absolute atomic E-state index is 13.1. The van der Waals surface area contributed by atoms with Crippen LogP contribution in [0.25, 0.3) is 34.4 Å². The van der Waals surface area contributed by atoms with Crippen LogP contribution in [0.15, 0.2) is 146 Å². The molecule has 0 aliphatic rings. The highest BCUT2D eigenvalue weighted by molar-refractivity contribution is 5.94. The second-order valence-corrected chi connectivity index (χ2v) is 13.9. The van der Waals surface area contributed by atoms with Gasteiger partial charge in [0.05, 0.1) is 47.6 Å². The van der Waals surface area contributed by atoms with Crippen LogP contribution in [0.5, 0.6) is 23.0 Å². The van der Waals surface area contributed by atoms with Crippen molar-refractivity contribution in [1.82, 2.24) is 0 Å². The van der Waals surface area contributed by atoms with E-state index < -0.39 is 11.9 Å². The van der Waals surface area contributed by atoms with E-state index in [9.17, 15) is 20.1 Å². The molecule has 8 heteroatoms. The average Bonchev–Trinajstić information content (AvgIpc) is 3.29. The van der Waals surface area contributed by atoms with E-state index in [0.29, 0.717) is 47.0 Å². The zero-order valence-corrected chi connectivity index (χ0v) is 33.6. The van der Waals surface area contributed by atoms with Gasteiger partial charge in [0, 0.05) is 0 Å². The molecule has 6 aromatic rings. The number of benzene rings is 6. The Labute approximate surface area is 351 Å². The molecule has 0 amide bonds. The molecule has 0 bridgehead atoms. The number of nitriles is 2. The summed E-state index contributed by atoms with van der Waals surface area (Å²) in [6.07, 6.45) is 7.62. The predicted molar refractivity (Wildman–Crippen MR) is 235 cm³/mol. The lowest BCUT2D eigenvalue weighted by Gasteiger charge is -2.09. The van der Waals surface area contributed by atoms with Crippen molar-refractivity contribution in [3.63, 3.8) is 0 Å². The lowest BCUT2D eigenvalue weighted by atomic mass is 10.0. The molecule has 0 aliphatic heterocycles. The Morgan fingerprint density at radius 2 is 0.900 bits per heavy atom. The zero-order chi connectivity index (χ0) is 42.1. The fraction of sp³-hybridized carbons (Fsp3) is 0.154. The summed E-state index contributed by atoms with van der Waals surface area (Å²) >= 11 is 0. The molecule has 0 unspecified atom stereocenters. The van der Waals surface area contributed by atoms with Gasteiger partial charge in [-0.25, -0.2) is 9.59 Å². The van der Waals surface area contributed by atoms with Crippen molar-refractivity contribution in [2.45, 2.75) is 39.5 Å². The Morgan fingerprint density at radius 1 is 0.483 bits per heavy atom. The Hall–Kier alpha value is -7.68. The van der Waals surface area contributed by atoms with E-state index in [0.717, 1.165) is 70.6 Å². The maximum atomic E-state index is 13.1. The van der Waals surface area contributed by atoms with E-state index >= 15 is 0 Å². The van der Waals surface area contributed by atoms with E-state index in [-0.39, 0.29) is 0 Å². The van der Waals surface area contributed by atoms with E-state index in [1.54, 1.807) is 91.0 Å². The van der Waals surface area contributed by atoms with Gasteiger partial charge in [-0.1, -0.05) is 75.2 Å². The summed E-state index contributed by atoms with van der Waals surface area (Å²) < 4.78 is 22.8. The van der Waals surface area contributed by atoms with Crippen LogP contribution in [-0.4, -0.2) is 25.2 Å². The second kappa shape index (κ2) is 21.2. The first-order valence-corrected chi connectivity index (χ1v) is 19.9. The normalized spacial score (nSPS) is 11.2. The molecule has 6 rings (SSSR count). The Kier molecular flexibility index (Phi) is 14.8. The number of hydrogen-bond acceptors (Lipinski definition) is 8. The molecule has 0 saturated carbocycles. The van der Waals surface area contributed by atoms with Crippen LogP contribution in [0.3, 0.4) is 0 Å². The largest absolute Gasteiger partial charge is 0.494 e. The Morgan fingerprint density at radius 3 is 1.33 bits per heavy atom. The number of carbonyl (C=O) groups is 2. The van der Waals surface area contributed by atoms with E-state index in [4.69, 9.17) is 18.9 Å². The number of rotatable bonds is 17. The summed E-state index contributed by atoms with van der Waals surface area (Å²) in [6.45, 7) is 5.54. The van der Waals surface area contributed by atoms with Gasteiger partial charge in [0.2, 0.25) is 0 Å². The quantitative estimate of drug-likeness (QED) is 0.0294. The number of nitrogens with zero attached hydrogens (tertiary/aromatic N) is 2. The molecule has 0 radical (unpaired) electrons. The van der Waals surface area contributed by atoms with Crippen molar-refractivity contribution in [3.8, 4) is 46.3 Å². The number of unbranched alkanes of at least 4 members (excludes halogenated alkanes) is 2. The number of esters is 2. The van der Waals surface area contributed by atoms with Gasteiger partial charge in [-0.2, -0.15) is 10.5 Å². The summed E-state index contributed by atoms with van der Waals surface area (Å²) in [5, 5.41) is 19.6. The third-order valence-electron chi connectivity index (χ3n) is 9.46. The molecule has 60 heavy (non-hydrogen) atoms. The minimum atomic E-state index is -0.517. The summed E-state index contributed by atoms with van der Waals surface area (Å²) in [7, 11) is 0. The lowest BCUT2D eigenvalue weighted by molar-refractivity contribution is 0.0725. The van der Waals surface area contributed by atoms with E-state index in [2.05, 4.69) is 26.0 Å². The zero-order valence-electron chi connectivity index (χ0n) is 33.6. The highest BCUT2D eigenvalue weighted by Gasteiger charge is 2.12. The third kappa shape index (κ3) is 11.7. The minimum absolute atomic E-state index is 0.364. The second-order valence-electron chi connectivity index (χ2n) is 13.9. The van der Waals surface area contributed by atoms with Crippen LogP contribution < -0.4 is 18.9 Å². The lowest BCUT2D eigenvalue weighted by Crippen LogP contribution is -2.08. The molecule has 0 aromatic heterocycles. The molecule has 0 fully saturated rings. The first-order valence-electron chi connectivity index (χ1n) is 19.9. The van der Waals surface area contributed by atoms with E-state index in [1.807, 2.05) is 66.7 Å². The molecule has 0 heterocycles. The molecular weight excluding hydrogens is 749 g/mol. The monoisotopic (exact) mass is 792 g/mol. The summed E-state index contributed by atoms with van der Waals surface area (Å²) in [6, 6.07) is 47.3. The fourth-order valence-corrected chi connectivity index (χ4v) is 6.04. The van der Waals surface area contributed by atoms with Gasteiger partial charge in [0.25, 0.3) is 0 Å². The van der Waals surface area contributed by atoms with Gasteiger partial charge in [-0.15, -0.1) is 0 Å². The van der Waals surface area contributed by atoms with Crippen LogP contribution in [0.2, 0.25) is 0 Å². The molecule has 0 saturated heterocycles. The molecule has 8 nitrogen and oxygen atoms in total. The Balaban J connectivity index is 1.03.